The number of amides is 1. The van der Waals surface area contributed by atoms with Crippen LogP contribution in [0.1, 0.15) is 28.9 Å². The molecule has 1 aliphatic heterocycles. The summed E-state index contributed by atoms with van der Waals surface area (Å²) in [5, 5.41) is 7.57. The summed E-state index contributed by atoms with van der Waals surface area (Å²) in [6, 6.07) is 4.12. The van der Waals surface area contributed by atoms with Crippen molar-refractivity contribution in [3.8, 4) is 0 Å². The molecule has 1 amide bonds. The van der Waals surface area contributed by atoms with E-state index in [4.69, 9.17) is 4.74 Å². The van der Waals surface area contributed by atoms with E-state index in [0.717, 1.165) is 24.2 Å². The minimum atomic E-state index is 0.0803. The Morgan fingerprint density at radius 3 is 2.76 bits per heavy atom. The quantitative estimate of drug-likeness (QED) is 0.868. The zero-order valence-corrected chi connectivity index (χ0v) is 15.2. The van der Waals surface area contributed by atoms with Crippen LogP contribution in [-0.2, 0) is 29.4 Å². The molecule has 0 radical (unpaired) electrons. The van der Waals surface area contributed by atoms with Gasteiger partial charge >= 0.3 is 0 Å². The molecule has 2 atom stereocenters. The van der Waals surface area contributed by atoms with Crippen molar-refractivity contribution in [2.24, 2.45) is 13.0 Å². The summed E-state index contributed by atoms with van der Waals surface area (Å²) >= 11 is 0. The average molecular weight is 342 g/mol. The van der Waals surface area contributed by atoms with Crippen molar-refractivity contribution >= 4 is 5.91 Å². The van der Waals surface area contributed by atoms with Crippen molar-refractivity contribution in [1.82, 2.24) is 20.1 Å². The van der Waals surface area contributed by atoms with Crippen LogP contribution in [0.3, 0.4) is 0 Å². The minimum Gasteiger partial charge on any atom is -0.379 e. The molecule has 1 saturated heterocycles. The highest BCUT2D eigenvalue weighted by Gasteiger charge is 2.29. The van der Waals surface area contributed by atoms with E-state index in [1.807, 2.05) is 37.7 Å². The van der Waals surface area contributed by atoms with Crippen LogP contribution < -0.4 is 5.32 Å². The largest absolute Gasteiger partial charge is 0.379 e. The number of aromatic nitrogens is 3. The number of carbonyl (C=O) groups is 1. The maximum Gasteiger partial charge on any atom is 0.220 e. The Balaban J connectivity index is 1.53. The molecule has 0 aromatic carbocycles. The molecule has 2 aromatic rings. The Hall–Kier alpha value is -2.21. The molecule has 0 saturated carbocycles. The maximum absolute atomic E-state index is 12.4. The third-order valence-electron chi connectivity index (χ3n) is 5.05. The van der Waals surface area contributed by atoms with Gasteiger partial charge in [0, 0.05) is 37.5 Å². The zero-order chi connectivity index (χ0) is 17.8. The highest BCUT2D eigenvalue weighted by Crippen LogP contribution is 2.19. The molecule has 1 fully saturated rings. The number of hydrogen-bond donors (Lipinski definition) is 1. The summed E-state index contributed by atoms with van der Waals surface area (Å²) in [5.74, 6) is 0.395. The molecule has 3 heterocycles. The van der Waals surface area contributed by atoms with Gasteiger partial charge in [0.1, 0.15) is 0 Å². The van der Waals surface area contributed by atoms with Crippen molar-refractivity contribution in [3.63, 3.8) is 0 Å². The fourth-order valence-electron chi connectivity index (χ4n) is 3.48. The highest BCUT2D eigenvalue weighted by molar-refractivity contribution is 5.76. The van der Waals surface area contributed by atoms with Gasteiger partial charge in [-0.1, -0.05) is 0 Å². The van der Waals surface area contributed by atoms with E-state index in [9.17, 15) is 4.79 Å². The van der Waals surface area contributed by atoms with Gasteiger partial charge in [-0.2, -0.15) is 5.10 Å². The van der Waals surface area contributed by atoms with Crippen molar-refractivity contribution in [2.75, 3.05) is 13.2 Å². The lowest BCUT2D eigenvalue weighted by Crippen LogP contribution is -2.40. The van der Waals surface area contributed by atoms with Crippen LogP contribution in [0.5, 0.6) is 0 Å². The number of ether oxygens (including phenoxy) is 1. The van der Waals surface area contributed by atoms with Crippen LogP contribution >= 0.6 is 0 Å². The SMILES string of the molecule is Cc1nn(C)c(C)c1CCC(=O)N[C@@H]1COC[C@H]1Cc1ccncc1. The van der Waals surface area contributed by atoms with E-state index in [-0.39, 0.29) is 11.9 Å². The second-order valence-corrected chi connectivity index (χ2v) is 6.80. The van der Waals surface area contributed by atoms with Gasteiger partial charge in [-0.3, -0.25) is 14.5 Å². The molecule has 1 aliphatic rings. The average Bonchev–Trinajstić information content (AvgIpc) is 3.11. The van der Waals surface area contributed by atoms with Crippen LogP contribution in [-0.4, -0.2) is 39.9 Å². The molecule has 6 heteroatoms. The van der Waals surface area contributed by atoms with E-state index in [0.29, 0.717) is 25.6 Å². The van der Waals surface area contributed by atoms with Crippen molar-refractivity contribution < 1.29 is 9.53 Å². The molecule has 6 nitrogen and oxygen atoms in total. The van der Waals surface area contributed by atoms with Gasteiger partial charge in [0.15, 0.2) is 0 Å². The summed E-state index contributed by atoms with van der Waals surface area (Å²) in [4.78, 5) is 16.4. The third-order valence-corrected chi connectivity index (χ3v) is 5.05. The molecule has 2 aromatic heterocycles. The maximum atomic E-state index is 12.4. The standard InChI is InChI=1S/C19H26N4O2/c1-13-17(14(2)23(3)22-13)4-5-19(24)21-18-12-25-11-16(18)10-15-6-8-20-9-7-15/h6-9,16,18H,4-5,10-12H2,1-3H3,(H,21,24)/t16-,18-/m1/s1. The molecule has 25 heavy (non-hydrogen) atoms. The Morgan fingerprint density at radius 2 is 2.08 bits per heavy atom. The van der Waals surface area contributed by atoms with E-state index in [2.05, 4.69) is 15.4 Å². The Morgan fingerprint density at radius 1 is 1.32 bits per heavy atom. The van der Waals surface area contributed by atoms with Gasteiger partial charge in [-0.25, -0.2) is 0 Å². The first-order valence-electron chi connectivity index (χ1n) is 8.79. The van der Waals surface area contributed by atoms with Crippen LogP contribution in [0.15, 0.2) is 24.5 Å². The second kappa shape index (κ2) is 7.78. The van der Waals surface area contributed by atoms with E-state index >= 15 is 0 Å². The molecule has 0 aliphatic carbocycles. The number of hydrogen-bond acceptors (Lipinski definition) is 4. The monoisotopic (exact) mass is 342 g/mol. The summed E-state index contributed by atoms with van der Waals surface area (Å²) in [5.41, 5.74) is 4.54. The van der Waals surface area contributed by atoms with Crippen LogP contribution in [0.25, 0.3) is 0 Å². The number of nitrogens with one attached hydrogen (secondary N) is 1. The molecular formula is C19H26N4O2. The van der Waals surface area contributed by atoms with E-state index < -0.39 is 0 Å². The predicted octanol–water partition coefficient (Wildman–Crippen LogP) is 1.74. The van der Waals surface area contributed by atoms with E-state index in [1.165, 1.54) is 11.1 Å². The summed E-state index contributed by atoms with van der Waals surface area (Å²) in [7, 11) is 1.94. The van der Waals surface area contributed by atoms with Crippen LogP contribution in [0.4, 0.5) is 0 Å². The Kier molecular flexibility index (Phi) is 5.48. The summed E-state index contributed by atoms with van der Waals surface area (Å²) < 4.78 is 7.48. The zero-order valence-electron chi connectivity index (χ0n) is 15.2. The Bertz CT molecular complexity index is 727. The third kappa shape index (κ3) is 4.25. The lowest BCUT2D eigenvalue weighted by Gasteiger charge is -2.19. The first-order valence-corrected chi connectivity index (χ1v) is 8.79. The predicted molar refractivity (Wildman–Crippen MR) is 95.2 cm³/mol. The number of nitrogens with zero attached hydrogens (tertiary/aromatic N) is 3. The molecule has 0 bridgehead atoms. The van der Waals surface area contributed by atoms with Gasteiger partial charge in [0.05, 0.1) is 24.9 Å². The highest BCUT2D eigenvalue weighted by atomic mass is 16.5. The van der Waals surface area contributed by atoms with Crippen molar-refractivity contribution in [2.45, 2.75) is 39.2 Å². The molecule has 134 valence electrons. The molecule has 3 rings (SSSR count). The smallest absolute Gasteiger partial charge is 0.220 e. The fourth-order valence-corrected chi connectivity index (χ4v) is 3.48. The number of aryl methyl sites for hydroxylation is 2. The van der Waals surface area contributed by atoms with Gasteiger partial charge in [0.2, 0.25) is 5.91 Å². The van der Waals surface area contributed by atoms with Gasteiger partial charge in [-0.05, 0) is 49.9 Å². The van der Waals surface area contributed by atoms with Gasteiger partial charge in [0.25, 0.3) is 0 Å². The van der Waals surface area contributed by atoms with Gasteiger partial charge < -0.3 is 10.1 Å². The molecule has 0 unspecified atom stereocenters. The lowest BCUT2D eigenvalue weighted by molar-refractivity contribution is -0.122. The number of carbonyl (C=O) groups excluding carboxylic acids is 1. The number of pyridine rings is 1. The summed E-state index contributed by atoms with van der Waals surface area (Å²) in [6.07, 6.45) is 5.70. The van der Waals surface area contributed by atoms with Crippen LogP contribution in [0.2, 0.25) is 0 Å². The van der Waals surface area contributed by atoms with Crippen molar-refractivity contribution in [1.29, 1.82) is 0 Å². The van der Waals surface area contributed by atoms with Gasteiger partial charge in [-0.15, -0.1) is 0 Å². The Labute approximate surface area is 148 Å². The molecule has 1 N–H and O–H groups in total. The normalized spacial score (nSPS) is 20.0. The minimum absolute atomic E-state index is 0.0803. The fraction of sp³-hybridized carbons (Fsp3) is 0.526. The summed E-state index contributed by atoms with van der Waals surface area (Å²) in [6.45, 7) is 5.32. The lowest BCUT2D eigenvalue weighted by atomic mass is 9.95. The first kappa shape index (κ1) is 17.6. The van der Waals surface area contributed by atoms with Crippen LogP contribution in [0, 0.1) is 19.8 Å². The van der Waals surface area contributed by atoms with E-state index in [1.54, 1.807) is 12.4 Å². The second-order valence-electron chi connectivity index (χ2n) is 6.80. The molecule has 0 spiro atoms. The topological polar surface area (TPSA) is 69.0 Å². The van der Waals surface area contributed by atoms with Crippen molar-refractivity contribution in [3.05, 3.63) is 47.0 Å². The first-order chi connectivity index (χ1) is 12.0. The molecular weight excluding hydrogens is 316 g/mol. The number of rotatable bonds is 6.